The zero-order valence-electron chi connectivity index (χ0n) is 19.8. The number of para-hydroxylation sites is 1. The lowest BCUT2D eigenvalue weighted by Crippen LogP contribution is -2.37. The van der Waals surface area contributed by atoms with Gasteiger partial charge in [0.25, 0.3) is 0 Å². The van der Waals surface area contributed by atoms with Crippen LogP contribution in [0.3, 0.4) is 0 Å². The number of rotatable bonds is 6. The number of fused-ring (bicyclic) bond motifs is 1. The smallest absolute Gasteiger partial charge is 0.226 e. The molecule has 0 spiro atoms. The Morgan fingerprint density at radius 2 is 1.88 bits per heavy atom. The van der Waals surface area contributed by atoms with Crippen LogP contribution in [0.5, 0.6) is 0 Å². The molecule has 0 radical (unpaired) electrons. The van der Waals surface area contributed by atoms with Gasteiger partial charge < -0.3 is 15.0 Å². The highest BCUT2D eigenvalue weighted by atomic mass is 16.5. The highest BCUT2D eigenvalue weighted by molar-refractivity contribution is 5.91. The van der Waals surface area contributed by atoms with E-state index in [0.29, 0.717) is 19.6 Å². The van der Waals surface area contributed by atoms with Crippen LogP contribution in [0.25, 0.3) is 11.3 Å². The van der Waals surface area contributed by atoms with Crippen LogP contribution in [0.4, 0.5) is 11.6 Å². The molecule has 8 nitrogen and oxygen atoms in total. The molecule has 1 saturated heterocycles. The van der Waals surface area contributed by atoms with E-state index in [9.17, 15) is 4.79 Å². The number of carbonyl (C=O) groups is 1. The number of anilines is 2. The SMILES string of the molecule is Cc1ncc(-c2nc(N3CCOCC3)nc3c2CCC3CCC(=O)Nc2ccccc2C)cn1. The van der Waals surface area contributed by atoms with Gasteiger partial charge >= 0.3 is 0 Å². The van der Waals surface area contributed by atoms with Crippen molar-refractivity contribution in [3.8, 4) is 11.3 Å². The van der Waals surface area contributed by atoms with Gasteiger partial charge in [0, 0.05) is 54.6 Å². The minimum atomic E-state index is 0.0392. The molecule has 34 heavy (non-hydrogen) atoms. The Morgan fingerprint density at radius 3 is 2.65 bits per heavy atom. The van der Waals surface area contributed by atoms with Crippen LogP contribution in [0.15, 0.2) is 36.7 Å². The summed E-state index contributed by atoms with van der Waals surface area (Å²) in [6, 6.07) is 7.86. The van der Waals surface area contributed by atoms with Crippen molar-refractivity contribution in [2.75, 3.05) is 36.5 Å². The summed E-state index contributed by atoms with van der Waals surface area (Å²) in [6.45, 7) is 6.77. The first-order chi connectivity index (χ1) is 16.6. The predicted octanol–water partition coefficient (Wildman–Crippen LogP) is 3.84. The molecule has 1 fully saturated rings. The largest absolute Gasteiger partial charge is 0.378 e. The van der Waals surface area contributed by atoms with Crippen molar-refractivity contribution in [3.63, 3.8) is 0 Å². The van der Waals surface area contributed by atoms with Gasteiger partial charge in [-0.3, -0.25) is 4.79 Å². The second-order valence-electron chi connectivity index (χ2n) is 8.99. The molecule has 1 atom stereocenters. The molecule has 1 unspecified atom stereocenters. The number of hydrogen-bond acceptors (Lipinski definition) is 7. The van der Waals surface area contributed by atoms with Crippen LogP contribution in [0.1, 0.15) is 47.8 Å². The van der Waals surface area contributed by atoms with Crippen molar-refractivity contribution < 1.29 is 9.53 Å². The molecule has 1 amide bonds. The standard InChI is InChI=1S/C26H30N6O2/c1-17-5-3-4-6-22(17)29-23(33)10-8-19-7-9-21-24(19)30-26(32-11-13-34-14-12-32)31-25(21)20-15-27-18(2)28-16-20/h3-6,15-16,19H,7-14H2,1-2H3,(H,29,33). The van der Waals surface area contributed by atoms with Gasteiger partial charge in [0.05, 0.1) is 24.6 Å². The third kappa shape index (κ3) is 4.77. The van der Waals surface area contributed by atoms with Gasteiger partial charge in [0.2, 0.25) is 11.9 Å². The summed E-state index contributed by atoms with van der Waals surface area (Å²) in [7, 11) is 0. The maximum absolute atomic E-state index is 12.7. The minimum Gasteiger partial charge on any atom is -0.378 e. The number of aromatic nitrogens is 4. The van der Waals surface area contributed by atoms with Gasteiger partial charge in [-0.15, -0.1) is 0 Å². The Morgan fingerprint density at radius 1 is 1.12 bits per heavy atom. The zero-order chi connectivity index (χ0) is 23.5. The molecule has 8 heteroatoms. The van der Waals surface area contributed by atoms with E-state index in [1.54, 1.807) is 0 Å². The lowest BCUT2D eigenvalue weighted by atomic mass is 9.99. The molecule has 1 aromatic carbocycles. The second kappa shape index (κ2) is 9.85. The van der Waals surface area contributed by atoms with E-state index in [-0.39, 0.29) is 11.8 Å². The molecule has 2 aliphatic rings. The van der Waals surface area contributed by atoms with E-state index in [4.69, 9.17) is 14.7 Å². The Labute approximate surface area is 199 Å². The number of hydrogen-bond donors (Lipinski definition) is 1. The Bertz CT molecular complexity index is 1170. The predicted molar refractivity (Wildman–Crippen MR) is 131 cm³/mol. The average Bonchev–Trinajstić information content (AvgIpc) is 3.28. The lowest BCUT2D eigenvalue weighted by molar-refractivity contribution is -0.116. The van der Waals surface area contributed by atoms with Gasteiger partial charge in [-0.1, -0.05) is 18.2 Å². The summed E-state index contributed by atoms with van der Waals surface area (Å²) in [5.74, 6) is 1.73. The normalized spacial score (nSPS) is 17.5. The van der Waals surface area contributed by atoms with E-state index in [1.165, 1.54) is 0 Å². The molecule has 2 aromatic heterocycles. The second-order valence-corrected chi connectivity index (χ2v) is 8.99. The summed E-state index contributed by atoms with van der Waals surface area (Å²) in [6.07, 6.45) is 6.76. The third-order valence-electron chi connectivity index (χ3n) is 6.64. The van der Waals surface area contributed by atoms with Crippen LogP contribution in [-0.4, -0.2) is 52.1 Å². The monoisotopic (exact) mass is 458 g/mol. The first kappa shape index (κ1) is 22.4. The van der Waals surface area contributed by atoms with Gasteiger partial charge in [0.1, 0.15) is 5.82 Å². The number of morpholine rings is 1. The van der Waals surface area contributed by atoms with Crippen LogP contribution >= 0.6 is 0 Å². The number of amides is 1. The third-order valence-corrected chi connectivity index (χ3v) is 6.64. The zero-order valence-corrected chi connectivity index (χ0v) is 19.8. The molecular weight excluding hydrogens is 428 g/mol. The fourth-order valence-electron chi connectivity index (χ4n) is 4.70. The number of aryl methyl sites for hydroxylation is 2. The fourth-order valence-corrected chi connectivity index (χ4v) is 4.70. The Kier molecular flexibility index (Phi) is 6.49. The summed E-state index contributed by atoms with van der Waals surface area (Å²) >= 11 is 0. The van der Waals surface area contributed by atoms with E-state index in [2.05, 4.69) is 20.2 Å². The molecule has 0 saturated carbocycles. The van der Waals surface area contributed by atoms with Crippen molar-refractivity contribution >= 4 is 17.5 Å². The number of nitrogens with one attached hydrogen (secondary N) is 1. The van der Waals surface area contributed by atoms with Crippen molar-refractivity contribution in [1.82, 2.24) is 19.9 Å². The van der Waals surface area contributed by atoms with Crippen molar-refractivity contribution in [3.05, 3.63) is 59.3 Å². The molecular formula is C26H30N6O2. The molecule has 176 valence electrons. The van der Waals surface area contributed by atoms with E-state index in [0.717, 1.165) is 77.9 Å². The van der Waals surface area contributed by atoms with E-state index < -0.39 is 0 Å². The first-order valence-corrected chi connectivity index (χ1v) is 12.0. The average molecular weight is 459 g/mol. The van der Waals surface area contributed by atoms with Crippen LogP contribution in [0, 0.1) is 13.8 Å². The lowest BCUT2D eigenvalue weighted by Gasteiger charge is -2.28. The number of carbonyl (C=O) groups excluding carboxylic acids is 1. The number of ether oxygens (including phenoxy) is 1. The maximum Gasteiger partial charge on any atom is 0.226 e. The summed E-state index contributed by atoms with van der Waals surface area (Å²) in [5, 5.41) is 3.05. The van der Waals surface area contributed by atoms with Crippen molar-refractivity contribution in [2.45, 2.75) is 45.4 Å². The maximum atomic E-state index is 12.7. The van der Waals surface area contributed by atoms with Crippen molar-refractivity contribution in [2.24, 2.45) is 0 Å². The highest BCUT2D eigenvalue weighted by Gasteiger charge is 2.30. The molecule has 1 aliphatic carbocycles. The number of benzene rings is 1. The minimum absolute atomic E-state index is 0.0392. The van der Waals surface area contributed by atoms with Crippen LogP contribution in [-0.2, 0) is 16.0 Å². The van der Waals surface area contributed by atoms with Gasteiger partial charge in [-0.05, 0) is 44.7 Å². The van der Waals surface area contributed by atoms with Crippen LogP contribution < -0.4 is 10.2 Å². The topological polar surface area (TPSA) is 93.1 Å². The first-order valence-electron chi connectivity index (χ1n) is 12.0. The molecule has 0 bridgehead atoms. The molecule has 1 N–H and O–H groups in total. The summed E-state index contributed by atoms with van der Waals surface area (Å²) < 4.78 is 5.52. The molecule has 3 heterocycles. The quantitative estimate of drug-likeness (QED) is 0.600. The summed E-state index contributed by atoms with van der Waals surface area (Å²) in [4.78, 5) is 33.6. The van der Waals surface area contributed by atoms with Gasteiger partial charge in [-0.25, -0.2) is 19.9 Å². The van der Waals surface area contributed by atoms with Gasteiger partial charge in [-0.2, -0.15) is 0 Å². The molecule has 5 rings (SSSR count). The Hall–Kier alpha value is -3.39. The van der Waals surface area contributed by atoms with E-state index >= 15 is 0 Å². The molecule has 1 aliphatic heterocycles. The highest BCUT2D eigenvalue weighted by Crippen LogP contribution is 2.40. The van der Waals surface area contributed by atoms with Gasteiger partial charge in [0.15, 0.2) is 0 Å². The van der Waals surface area contributed by atoms with Crippen LogP contribution in [0.2, 0.25) is 0 Å². The number of nitrogens with zero attached hydrogens (tertiary/aromatic N) is 5. The molecule has 3 aromatic rings. The van der Waals surface area contributed by atoms with E-state index in [1.807, 2.05) is 50.5 Å². The fraction of sp³-hybridized carbons (Fsp3) is 0.423. The summed E-state index contributed by atoms with van der Waals surface area (Å²) in [5.41, 5.74) is 5.99. The van der Waals surface area contributed by atoms with Crippen molar-refractivity contribution in [1.29, 1.82) is 0 Å². The Balaban J connectivity index is 1.39.